The molecule has 1 heterocycles. The summed E-state index contributed by atoms with van der Waals surface area (Å²) in [4.78, 5) is 15.6. The first-order valence-electron chi connectivity index (χ1n) is 6.55. The van der Waals surface area contributed by atoms with E-state index < -0.39 is 18.7 Å². The average Bonchev–Trinajstić information content (AvgIpc) is 2.52. The minimum atomic E-state index is -4.45. The Bertz CT molecular complexity index is 648. The zero-order valence-corrected chi connectivity index (χ0v) is 11.8. The van der Waals surface area contributed by atoms with Gasteiger partial charge in [0.1, 0.15) is 0 Å². The van der Waals surface area contributed by atoms with Crippen LogP contribution in [0.25, 0.3) is 0 Å². The van der Waals surface area contributed by atoms with Gasteiger partial charge in [0.25, 0.3) is 5.91 Å². The third kappa shape index (κ3) is 5.85. The van der Waals surface area contributed by atoms with Crippen molar-refractivity contribution in [2.45, 2.75) is 6.18 Å². The zero-order valence-electron chi connectivity index (χ0n) is 11.8. The number of ether oxygens (including phenoxy) is 2. The number of benzene rings is 1. The predicted molar refractivity (Wildman–Crippen MR) is 76.4 cm³/mol. The highest BCUT2D eigenvalue weighted by molar-refractivity contribution is 5.91. The number of hydrogen-bond donors (Lipinski definition) is 1. The molecule has 1 aromatic heterocycles. The molecule has 1 amide bonds. The van der Waals surface area contributed by atoms with Crippen LogP contribution in [0.4, 0.5) is 18.9 Å². The first kappa shape index (κ1) is 16.6. The van der Waals surface area contributed by atoms with E-state index in [2.05, 4.69) is 15.0 Å². The SMILES string of the molecule is O=C(COc1ccccc1OCC(F)(F)F)Nc1cccnc1. The van der Waals surface area contributed by atoms with Crippen molar-refractivity contribution >= 4 is 11.6 Å². The van der Waals surface area contributed by atoms with Crippen LogP contribution >= 0.6 is 0 Å². The van der Waals surface area contributed by atoms with Crippen LogP contribution in [0.1, 0.15) is 0 Å². The van der Waals surface area contributed by atoms with Crippen molar-refractivity contribution in [1.82, 2.24) is 4.98 Å². The van der Waals surface area contributed by atoms with Gasteiger partial charge in [0.15, 0.2) is 24.7 Å². The van der Waals surface area contributed by atoms with E-state index in [0.29, 0.717) is 5.69 Å². The van der Waals surface area contributed by atoms with Crippen LogP contribution in [0.3, 0.4) is 0 Å². The third-order valence-electron chi connectivity index (χ3n) is 2.54. The molecule has 23 heavy (non-hydrogen) atoms. The Morgan fingerprint density at radius 1 is 1.09 bits per heavy atom. The number of rotatable bonds is 6. The van der Waals surface area contributed by atoms with Crippen LogP contribution in [-0.4, -0.2) is 30.3 Å². The Labute approximate surface area is 130 Å². The van der Waals surface area contributed by atoms with Crippen molar-refractivity contribution in [3.8, 4) is 11.5 Å². The molecule has 0 aliphatic heterocycles. The first-order chi connectivity index (χ1) is 10.9. The fraction of sp³-hybridized carbons (Fsp3) is 0.200. The minimum Gasteiger partial charge on any atom is -0.480 e. The van der Waals surface area contributed by atoms with Crippen molar-refractivity contribution in [2.75, 3.05) is 18.5 Å². The van der Waals surface area contributed by atoms with E-state index >= 15 is 0 Å². The molecule has 0 saturated carbocycles. The summed E-state index contributed by atoms with van der Waals surface area (Å²) in [5, 5.41) is 2.54. The molecule has 0 bridgehead atoms. The number of amides is 1. The number of nitrogens with one attached hydrogen (secondary N) is 1. The molecule has 122 valence electrons. The van der Waals surface area contributed by atoms with E-state index in [1.807, 2.05) is 0 Å². The number of halogens is 3. The van der Waals surface area contributed by atoms with Gasteiger partial charge in [-0.15, -0.1) is 0 Å². The van der Waals surface area contributed by atoms with Gasteiger partial charge < -0.3 is 14.8 Å². The molecule has 0 saturated heterocycles. The number of carbonyl (C=O) groups is 1. The normalized spacial score (nSPS) is 10.9. The number of para-hydroxylation sites is 2. The average molecular weight is 326 g/mol. The van der Waals surface area contributed by atoms with Gasteiger partial charge in [-0.3, -0.25) is 9.78 Å². The summed E-state index contributed by atoms with van der Waals surface area (Å²) in [7, 11) is 0. The monoisotopic (exact) mass is 326 g/mol. The van der Waals surface area contributed by atoms with Crippen LogP contribution in [0.2, 0.25) is 0 Å². The van der Waals surface area contributed by atoms with Crippen LogP contribution in [-0.2, 0) is 4.79 Å². The van der Waals surface area contributed by atoms with E-state index in [0.717, 1.165) is 0 Å². The first-order valence-corrected chi connectivity index (χ1v) is 6.55. The number of nitrogens with zero attached hydrogens (tertiary/aromatic N) is 1. The molecule has 0 fully saturated rings. The highest BCUT2D eigenvalue weighted by atomic mass is 19.4. The van der Waals surface area contributed by atoms with Gasteiger partial charge in [-0.2, -0.15) is 13.2 Å². The van der Waals surface area contributed by atoms with Crippen molar-refractivity contribution < 1.29 is 27.4 Å². The molecule has 0 atom stereocenters. The lowest BCUT2D eigenvalue weighted by molar-refractivity contribution is -0.153. The van der Waals surface area contributed by atoms with Crippen LogP contribution in [0.15, 0.2) is 48.8 Å². The highest BCUT2D eigenvalue weighted by Gasteiger charge is 2.29. The Morgan fingerprint density at radius 3 is 2.39 bits per heavy atom. The van der Waals surface area contributed by atoms with Crippen LogP contribution in [0, 0.1) is 0 Å². The second-order valence-electron chi connectivity index (χ2n) is 4.43. The van der Waals surface area contributed by atoms with Gasteiger partial charge in [-0.05, 0) is 24.3 Å². The molecular weight excluding hydrogens is 313 g/mol. The lowest BCUT2D eigenvalue weighted by Crippen LogP contribution is -2.21. The summed E-state index contributed by atoms with van der Waals surface area (Å²) in [5.74, 6) is -0.499. The topological polar surface area (TPSA) is 60.5 Å². The molecular formula is C15H13F3N2O3. The predicted octanol–water partition coefficient (Wildman–Crippen LogP) is 3.04. The molecule has 5 nitrogen and oxygen atoms in total. The number of aromatic nitrogens is 1. The molecule has 1 N–H and O–H groups in total. The van der Waals surface area contributed by atoms with E-state index in [1.54, 1.807) is 24.4 Å². The number of alkyl halides is 3. The van der Waals surface area contributed by atoms with Crippen molar-refractivity contribution in [3.05, 3.63) is 48.8 Å². The van der Waals surface area contributed by atoms with Crippen molar-refractivity contribution in [2.24, 2.45) is 0 Å². The van der Waals surface area contributed by atoms with Crippen molar-refractivity contribution in [3.63, 3.8) is 0 Å². The second kappa shape index (κ2) is 7.48. The number of carbonyl (C=O) groups excluding carboxylic acids is 1. The molecule has 0 unspecified atom stereocenters. The quantitative estimate of drug-likeness (QED) is 0.886. The molecule has 0 spiro atoms. The smallest absolute Gasteiger partial charge is 0.422 e. The Balaban J connectivity index is 1.91. The standard InChI is InChI=1S/C15H13F3N2O3/c16-15(17,18)10-23-13-6-2-1-5-12(13)22-9-14(21)20-11-4-3-7-19-8-11/h1-8H,9-10H2,(H,20,21). The fourth-order valence-corrected chi connectivity index (χ4v) is 1.63. The summed E-state index contributed by atoms with van der Waals surface area (Å²) in [5.41, 5.74) is 0.489. The summed E-state index contributed by atoms with van der Waals surface area (Å²) >= 11 is 0. The van der Waals surface area contributed by atoms with Crippen LogP contribution < -0.4 is 14.8 Å². The third-order valence-corrected chi connectivity index (χ3v) is 2.54. The van der Waals surface area contributed by atoms with Gasteiger partial charge in [0.05, 0.1) is 11.9 Å². The largest absolute Gasteiger partial charge is 0.480 e. The molecule has 8 heteroatoms. The highest BCUT2D eigenvalue weighted by Crippen LogP contribution is 2.28. The minimum absolute atomic E-state index is 0.0538. The number of hydrogen-bond acceptors (Lipinski definition) is 4. The fourth-order valence-electron chi connectivity index (χ4n) is 1.63. The van der Waals surface area contributed by atoms with E-state index in [9.17, 15) is 18.0 Å². The van der Waals surface area contributed by atoms with E-state index in [-0.39, 0.29) is 18.1 Å². The van der Waals surface area contributed by atoms with E-state index in [4.69, 9.17) is 4.74 Å². The van der Waals surface area contributed by atoms with Gasteiger partial charge in [-0.1, -0.05) is 12.1 Å². The molecule has 2 aromatic rings. The Kier molecular flexibility index (Phi) is 5.40. The maximum Gasteiger partial charge on any atom is 0.422 e. The number of pyridine rings is 1. The molecule has 0 radical (unpaired) electrons. The van der Waals surface area contributed by atoms with Crippen LogP contribution in [0.5, 0.6) is 11.5 Å². The zero-order chi connectivity index (χ0) is 16.7. The maximum atomic E-state index is 12.2. The van der Waals surface area contributed by atoms with E-state index in [1.165, 1.54) is 24.4 Å². The molecule has 2 rings (SSSR count). The van der Waals surface area contributed by atoms with Crippen molar-refractivity contribution in [1.29, 1.82) is 0 Å². The summed E-state index contributed by atoms with van der Waals surface area (Å²) < 4.78 is 46.5. The molecule has 0 aliphatic rings. The second-order valence-corrected chi connectivity index (χ2v) is 4.43. The Morgan fingerprint density at radius 2 is 1.78 bits per heavy atom. The van der Waals surface area contributed by atoms with Gasteiger partial charge in [0.2, 0.25) is 0 Å². The summed E-state index contributed by atoms with van der Waals surface area (Å²) in [6.07, 6.45) is -1.44. The molecule has 0 aliphatic carbocycles. The van der Waals surface area contributed by atoms with Gasteiger partial charge in [0, 0.05) is 6.20 Å². The van der Waals surface area contributed by atoms with Gasteiger partial charge >= 0.3 is 6.18 Å². The molecule has 1 aromatic carbocycles. The number of anilines is 1. The van der Waals surface area contributed by atoms with Gasteiger partial charge in [-0.25, -0.2) is 0 Å². The summed E-state index contributed by atoms with van der Waals surface area (Å²) in [6, 6.07) is 9.12. The lowest BCUT2D eigenvalue weighted by Gasteiger charge is -2.13. The lowest BCUT2D eigenvalue weighted by atomic mass is 10.3. The maximum absolute atomic E-state index is 12.2. The summed E-state index contributed by atoms with van der Waals surface area (Å²) in [6.45, 7) is -1.81. The Hall–Kier alpha value is -2.77.